The van der Waals surface area contributed by atoms with Gasteiger partial charge in [0.2, 0.25) is 5.91 Å². The van der Waals surface area contributed by atoms with Gasteiger partial charge < -0.3 is 14.1 Å². The molecule has 0 unspecified atom stereocenters. The van der Waals surface area contributed by atoms with Gasteiger partial charge in [0.05, 0.1) is 0 Å². The second-order valence-electron chi connectivity index (χ2n) is 6.66. The number of carbonyl (C=O) groups is 3. The molecule has 0 atom stereocenters. The molecule has 1 saturated heterocycles. The Hall–Kier alpha value is -2.96. The van der Waals surface area contributed by atoms with Crippen molar-refractivity contribution in [3.63, 3.8) is 0 Å². The van der Waals surface area contributed by atoms with E-state index in [1.165, 1.54) is 13.0 Å². The largest absolute Gasteiger partial charge is 0.427 e. The third-order valence-electron chi connectivity index (χ3n) is 4.78. The van der Waals surface area contributed by atoms with Crippen LogP contribution < -0.4 is 10.4 Å². The van der Waals surface area contributed by atoms with Crippen molar-refractivity contribution < 1.29 is 23.5 Å². The van der Waals surface area contributed by atoms with E-state index in [0.29, 0.717) is 42.8 Å². The van der Waals surface area contributed by atoms with Crippen molar-refractivity contribution >= 4 is 28.6 Å². The predicted octanol–water partition coefficient (Wildman–Crippen LogP) is 2.15. The molecular weight excluding hydrogens is 350 g/mol. The molecule has 0 saturated carbocycles. The molecule has 1 aromatic heterocycles. The molecule has 142 valence electrons. The number of fused-ring (bicyclic) bond motifs is 1. The maximum atomic E-state index is 12.4. The Morgan fingerprint density at radius 1 is 1.19 bits per heavy atom. The van der Waals surface area contributed by atoms with Gasteiger partial charge in [-0.25, -0.2) is 4.79 Å². The van der Waals surface area contributed by atoms with Crippen LogP contribution in [0.3, 0.4) is 0 Å². The highest BCUT2D eigenvalue weighted by molar-refractivity contribution is 5.85. The normalized spacial score (nSPS) is 14.4. The van der Waals surface area contributed by atoms with Crippen LogP contribution in [0.1, 0.15) is 37.3 Å². The zero-order chi connectivity index (χ0) is 19.6. The van der Waals surface area contributed by atoms with Gasteiger partial charge in [0.15, 0.2) is 0 Å². The third-order valence-corrected chi connectivity index (χ3v) is 4.78. The van der Waals surface area contributed by atoms with Gasteiger partial charge in [0, 0.05) is 56.3 Å². The Morgan fingerprint density at radius 3 is 2.56 bits per heavy atom. The van der Waals surface area contributed by atoms with E-state index in [9.17, 15) is 19.2 Å². The minimum Gasteiger partial charge on any atom is -0.427 e. The quantitative estimate of drug-likeness (QED) is 0.464. The van der Waals surface area contributed by atoms with Crippen molar-refractivity contribution in [3.05, 3.63) is 39.7 Å². The summed E-state index contributed by atoms with van der Waals surface area (Å²) >= 11 is 0. The van der Waals surface area contributed by atoms with Gasteiger partial charge in [-0.1, -0.05) is 0 Å². The highest BCUT2D eigenvalue weighted by Gasteiger charge is 2.21. The standard InChI is InChI=1S/C20H21NO6/c1-12-16-4-3-15(26-13(2)22)11-18(16)27-20(25)17(12)5-6-19(24)21-9-7-14(23)8-10-21/h3-4,11H,5-10H2,1-2H3. The lowest BCUT2D eigenvalue weighted by atomic mass is 10.0. The number of amides is 1. The lowest BCUT2D eigenvalue weighted by Gasteiger charge is -2.26. The van der Waals surface area contributed by atoms with Crippen LogP contribution in [0.4, 0.5) is 0 Å². The van der Waals surface area contributed by atoms with Crippen LogP contribution in [0.5, 0.6) is 5.75 Å². The number of aryl methyl sites for hydroxylation is 1. The third kappa shape index (κ3) is 4.24. The van der Waals surface area contributed by atoms with Crippen molar-refractivity contribution in [3.8, 4) is 5.75 Å². The van der Waals surface area contributed by atoms with E-state index in [2.05, 4.69) is 0 Å². The van der Waals surface area contributed by atoms with Crippen LogP contribution in [0, 0.1) is 6.92 Å². The maximum Gasteiger partial charge on any atom is 0.339 e. The fourth-order valence-electron chi connectivity index (χ4n) is 3.29. The van der Waals surface area contributed by atoms with Crippen LogP contribution >= 0.6 is 0 Å². The first kappa shape index (κ1) is 18.8. The van der Waals surface area contributed by atoms with Crippen LogP contribution in [0.15, 0.2) is 27.4 Å². The average Bonchev–Trinajstić information content (AvgIpc) is 2.61. The first-order valence-electron chi connectivity index (χ1n) is 8.89. The number of ether oxygens (including phenoxy) is 1. The number of hydrogen-bond donors (Lipinski definition) is 0. The molecule has 0 aliphatic carbocycles. The van der Waals surface area contributed by atoms with E-state index in [1.54, 1.807) is 17.0 Å². The van der Waals surface area contributed by atoms with Gasteiger partial charge in [-0.3, -0.25) is 14.4 Å². The summed E-state index contributed by atoms with van der Waals surface area (Å²) in [6.45, 7) is 4.00. The van der Waals surface area contributed by atoms with Gasteiger partial charge in [-0.15, -0.1) is 0 Å². The molecule has 7 heteroatoms. The molecular formula is C20H21NO6. The summed E-state index contributed by atoms with van der Waals surface area (Å²) in [6, 6.07) is 4.87. The van der Waals surface area contributed by atoms with Gasteiger partial charge in [-0.2, -0.15) is 0 Å². The fourth-order valence-corrected chi connectivity index (χ4v) is 3.29. The molecule has 2 aromatic rings. The van der Waals surface area contributed by atoms with Gasteiger partial charge in [-0.05, 0) is 31.0 Å². The van der Waals surface area contributed by atoms with E-state index in [1.807, 2.05) is 6.92 Å². The monoisotopic (exact) mass is 371 g/mol. The molecule has 1 aliphatic heterocycles. The van der Waals surface area contributed by atoms with Gasteiger partial charge in [0.25, 0.3) is 0 Å². The summed E-state index contributed by atoms with van der Waals surface area (Å²) in [7, 11) is 0. The number of rotatable bonds is 4. The number of benzene rings is 1. The van der Waals surface area contributed by atoms with Crippen LogP contribution in [-0.2, 0) is 20.8 Å². The highest BCUT2D eigenvalue weighted by atomic mass is 16.5. The molecule has 7 nitrogen and oxygen atoms in total. The number of ketones is 1. The summed E-state index contributed by atoms with van der Waals surface area (Å²) in [5.74, 6) is -0.0344. The second kappa shape index (κ2) is 7.73. The fraction of sp³-hybridized carbons (Fsp3) is 0.400. The SMILES string of the molecule is CC(=O)Oc1ccc2c(C)c(CCC(=O)N3CCC(=O)CC3)c(=O)oc2c1. The minimum atomic E-state index is -0.499. The lowest BCUT2D eigenvalue weighted by Crippen LogP contribution is -2.38. The first-order chi connectivity index (χ1) is 12.8. The molecule has 3 rings (SSSR count). The van der Waals surface area contributed by atoms with E-state index < -0.39 is 11.6 Å². The van der Waals surface area contributed by atoms with E-state index in [-0.39, 0.29) is 24.5 Å². The molecule has 0 spiro atoms. The average molecular weight is 371 g/mol. The number of carbonyl (C=O) groups excluding carboxylic acids is 3. The molecule has 1 amide bonds. The summed E-state index contributed by atoms with van der Waals surface area (Å²) in [5, 5.41) is 0.733. The molecule has 27 heavy (non-hydrogen) atoms. The summed E-state index contributed by atoms with van der Waals surface area (Å²) in [4.78, 5) is 48.7. The summed E-state index contributed by atoms with van der Waals surface area (Å²) < 4.78 is 10.4. The molecule has 2 heterocycles. The number of esters is 1. The summed E-state index contributed by atoms with van der Waals surface area (Å²) in [6.07, 6.45) is 1.26. The van der Waals surface area contributed by atoms with Gasteiger partial charge >= 0.3 is 11.6 Å². The van der Waals surface area contributed by atoms with E-state index >= 15 is 0 Å². The lowest BCUT2D eigenvalue weighted by molar-refractivity contribution is -0.134. The molecule has 0 bridgehead atoms. The van der Waals surface area contributed by atoms with Crippen LogP contribution in [0.25, 0.3) is 11.0 Å². The Labute approximate surface area is 155 Å². The first-order valence-corrected chi connectivity index (χ1v) is 8.89. The van der Waals surface area contributed by atoms with Crippen molar-refractivity contribution in [2.45, 2.75) is 39.5 Å². The second-order valence-corrected chi connectivity index (χ2v) is 6.66. The molecule has 0 N–H and O–H groups in total. The minimum absolute atomic E-state index is 0.0633. The smallest absolute Gasteiger partial charge is 0.339 e. The predicted molar refractivity (Wildman–Crippen MR) is 97.7 cm³/mol. The Balaban J connectivity index is 1.78. The van der Waals surface area contributed by atoms with Gasteiger partial charge in [0.1, 0.15) is 17.1 Å². The van der Waals surface area contributed by atoms with Crippen molar-refractivity contribution in [2.75, 3.05) is 13.1 Å². The zero-order valence-electron chi connectivity index (χ0n) is 15.4. The number of likely N-dealkylation sites (tertiary alicyclic amines) is 1. The van der Waals surface area contributed by atoms with Crippen LogP contribution in [0.2, 0.25) is 0 Å². The topological polar surface area (TPSA) is 93.9 Å². The van der Waals surface area contributed by atoms with Crippen molar-refractivity contribution in [1.29, 1.82) is 0 Å². The number of Topliss-reactive ketones (excluding diaryl/α,β-unsaturated/α-hetero) is 1. The molecule has 0 radical (unpaired) electrons. The molecule has 1 aromatic carbocycles. The molecule has 1 fully saturated rings. The molecule has 1 aliphatic rings. The Bertz CT molecular complexity index is 964. The number of hydrogen-bond acceptors (Lipinski definition) is 6. The van der Waals surface area contributed by atoms with E-state index in [0.717, 1.165) is 10.9 Å². The summed E-state index contributed by atoms with van der Waals surface area (Å²) in [5.41, 5.74) is 1.05. The zero-order valence-corrected chi connectivity index (χ0v) is 15.4. The number of piperidine rings is 1. The van der Waals surface area contributed by atoms with Crippen LogP contribution in [-0.4, -0.2) is 35.6 Å². The van der Waals surface area contributed by atoms with Crippen molar-refractivity contribution in [1.82, 2.24) is 4.90 Å². The highest BCUT2D eigenvalue weighted by Crippen LogP contribution is 2.25. The van der Waals surface area contributed by atoms with E-state index in [4.69, 9.17) is 9.15 Å². The Kier molecular flexibility index (Phi) is 5.39. The Morgan fingerprint density at radius 2 is 1.89 bits per heavy atom. The van der Waals surface area contributed by atoms with Crippen molar-refractivity contribution in [2.24, 2.45) is 0 Å². The maximum absolute atomic E-state index is 12.4. The number of nitrogens with zero attached hydrogens (tertiary/aromatic N) is 1.